The number of hydrogen-bond acceptors (Lipinski definition) is 4. The fourth-order valence-electron chi connectivity index (χ4n) is 3.09. The fourth-order valence-corrected chi connectivity index (χ4v) is 3.09. The summed E-state index contributed by atoms with van der Waals surface area (Å²) in [6.45, 7) is 13.0. The van der Waals surface area contributed by atoms with Crippen molar-refractivity contribution in [2.45, 2.75) is 46.4 Å². The number of nitrogens with zero attached hydrogens (tertiary/aromatic N) is 2. The lowest BCUT2D eigenvalue weighted by atomic mass is 10.1. The van der Waals surface area contributed by atoms with E-state index in [9.17, 15) is 4.79 Å². The molecule has 1 heterocycles. The van der Waals surface area contributed by atoms with Crippen molar-refractivity contribution in [2.75, 3.05) is 39.3 Å². The second-order valence-corrected chi connectivity index (χ2v) is 7.00. The normalized spacial score (nSPS) is 16.3. The summed E-state index contributed by atoms with van der Waals surface area (Å²) in [6.07, 6.45) is 1.02. The van der Waals surface area contributed by atoms with Crippen molar-refractivity contribution in [2.24, 2.45) is 0 Å². The molecule has 1 amide bonds. The molecule has 0 spiro atoms. The average Bonchev–Trinajstić information content (AvgIpc) is 2.61. The third kappa shape index (κ3) is 6.77. The fraction of sp³-hybridized carbons (Fsp3) is 0.650. The molecule has 0 radical (unpaired) electrons. The monoisotopic (exact) mass is 347 g/mol. The van der Waals surface area contributed by atoms with Crippen molar-refractivity contribution in [1.29, 1.82) is 0 Å². The minimum Gasteiger partial charge on any atom is -0.377 e. The van der Waals surface area contributed by atoms with Crippen LogP contribution in [0.3, 0.4) is 0 Å². The van der Waals surface area contributed by atoms with E-state index in [1.54, 1.807) is 0 Å². The van der Waals surface area contributed by atoms with E-state index >= 15 is 0 Å². The number of benzene rings is 1. The molecule has 1 N–H and O–H groups in total. The lowest BCUT2D eigenvalue weighted by Crippen LogP contribution is -2.51. The predicted octanol–water partition coefficient (Wildman–Crippen LogP) is 2.26. The Morgan fingerprint density at radius 3 is 2.48 bits per heavy atom. The van der Waals surface area contributed by atoms with Gasteiger partial charge in [-0.25, -0.2) is 0 Å². The second kappa shape index (κ2) is 10.5. The molecule has 0 unspecified atom stereocenters. The van der Waals surface area contributed by atoms with Gasteiger partial charge in [0.2, 0.25) is 5.91 Å². The first kappa shape index (κ1) is 19.9. The number of amides is 1. The van der Waals surface area contributed by atoms with Crippen molar-refractivity contribution in [3.05, 3.63) is 35.4 Å². The molecule has 1 aromatic rings. The lowest BCUT2D eigenvalue weighted by Gasteiger charge is -2.36. The molecule has 0 aromatic heterocycles. The highest BCUT2D eigenvalue weighted by molar-refractivity contribution is 5.78. The first-order chi connectivity index (χ1) is 12.1. The molecule has 1 fully saturated rings. The van der Waals surface area contributed by atoms with Crippen LogP contribution in [0.5, 0.6) is 0 Å². The van der Waals surface area contributed by atoms with Crippen LogP contribution >= 0.6 is 0 Å². The average molecular weight is 348 g/mol. The number of hydrogen-bond donors (Lipinski definition) is 1. The van der Waals surface area contributed by atoms with Gasteiger partial charge >= 0.3 is 0 Å². The molecule has 2 rings (SSSR count). The largest absolute Gasteiger partial charge is 0.377 e. The Labute approximate surface area is 152 Å². The predicted molar refractivity (Wildman–Crippen MR) is 101 cm³/mol. The van der Waals surface area contributed by atoms with Gasteiger partial charge < -0.3 is 10.1 Å². The Balaban J connectivity index is 1.75. The van der Waals surface area contributed by atoms with Gasteiger partial charge in [0.25, 0.3) is 0 Å². The molecule has 5 heteroatoms. The summed E-state index contributed by atoms with van der Waals surface area (Å²) in [5.41, 5.74) is 2.29. The molecule has 0 bridgehead atoms. The number of carbonyl (C=O) groups excluding carboxylic acids is 1. The molecular formula is C20H33N3O2. The van der Waals surface area contributed by atoms with Crippen molar-refractivity contribution in [3.63, 3.8) is 0 Å². The molecule has 0 saturated carbocycles. The number of piperazine rings is 1. The zero-order valence-corrected chi connectivity index (χ0v) is 16.0. The van der Waals surface area contributed by atoms with Gasteiger partial charge in [-0.1, -0.05) is 31.2 Å². The van der Waals surface area contributed by atoms with Gasteiger partial charge in [-0.05, 0) is 31.4 Å². The van der Waals surface area contributed by atoms with Gasteiger partial charge in [0, 0.05) is 45.4 Å². The molecule has 25 heavy (non-hydrogen) atoms. The van der Waals surface area contributed by atoms with Crippen LogP contribution in [-0.2, 0) is 22.7 Å². The van der Waals surface area contributed by atoms with E-state index in [-0.39, 0.29) is 5.91 Å². The maximum absolute atomic E-state index is 12.3. The molecule has 140 valence electrons. The van der Waals surface area contributed by atoms with E-state index in [0.29, 0.717) is 25.7 Å². The molecule has 1 saturated heterocycles. The van der Waals surface area contributed by atoms with Crippen molar-refractivity contribution in [1.82, 2.24) is 15.1 Å². The molecular weight excluding hydrogens is 314 g/mol. The van der Waals surface area contributed by atoms with Gasteiger partial charge in [-0.15, -0.1) is 0 Å². The minimum absolute atomic E-state index is 0.0993. The lowest BCUT2D eigenvalue weighted by molar-refractivity contribution is -0.122. The Morgan fingerprint density at radius 2 is 1.84 bits per heavy atom. The highest BCUT2D eigenvalue weighted by Gasteiger charge is 2.20. The van der Waals surface area contributed by atoms with Gasteiger partial charge in [-0.2, -0.15) is 0 Å². The Morgan fingerprint density at radius 1 is 1.16 bits per heavy atom. The first-order valence-corrected chi connectivity index (χ1v) is 9.47. The minimum atomic E-state index is 0.0993. The summed E-state index contributed by atoms with van der Waals surface area (Å²) in [4.78, 5) is 17.0. The Bertz CT molecular complexity index is 525. The number of rotatable bonds is 9. The highest BCUT2D eigenvalue weighted by atomic mass is 16.5. The quantitative estimate of drug-likeness (QED) is 0.696. The number of nitrogens with one attached hydrogen (secondary N) is 1. The van der Waals surface area contributed by atoms with E-state index in [2.05, 4.69) is 48.0 Å². The van der Waals surface area contributed by atoms with Gasteiger partial charge in [0.1, 0.15) is 0 Å². The van der Waals surface area contributed by atoms with E-state index in [0.717, 1.165) is 50.3 Å². The summed E-state index contributed by atoms with van der Waals surface area (Å²) in [6, 6.07) is 8.75. The Hall–Kier alpha value is -1.43. The highest BCUT2D eigenvalue weighted by Crippen LogP contribution is 2.10. The van der Waals surface area contributed by atoms with Crippen LogP contribution in [-0.4, -0.2) is 61.1 Å². The van der Waals surface area contributed by atoms with E-state index in [1.807, 2.05) is 12.1 Å². The van der Waals surface area contributed by atoms with Crippen LogP contribution in [0, 0.1) is 0 Å². The summed E-state index contributed by atoms with van der Waals surface area (Å²) in [7, 11) is 0. The first-order valence-electron chi connectivity index (χ1n) is 9.47. The molecule has 0 atom stereocenters. The maximum atomic E-state index is 12.3. The number of ether oxygens (including phenoxy) is 1. The summed E-state index contributed by atoms with van der Waals surface area (Å²) in [5, 5.41) is 3.06. The van der Waals surface area contributed by atoms with E-state index < -0.39 is 0 Å². The third-order valence-electron chi connectivity index (χ3n) is 4.70. The molecule has 1 aliphatic rings. The van der Waals surface area contributed by atoms with Crippen molar-refractivity contribution < 1.29 is 9.53 Å². The van der Waals surface area contributed by atoms with Crippen molar-refractivity contribution >= 4 is 5.91 Å². The van der Waals surface area contributed by atoms with Crippen LogP contribution < -0.4 is 5.32 Å². The zero-order valence-electron chi connectivity index (χ0n) is 16.0. The summed E-state index contributed by atoms with van der Waals surface area (Å²) >= 11 is 0. The van der Waals surface area contributed by atoms with Crippen LogP contribution in [0.1, 0.15) is 38.3 Å². The smallest absolute Gasteiger partial charge is 0.234 e. The Kier molecular flexibility index (Phi) is 8.38. The third-order valence-corrected chi connectivity index (χ3v) is 4.70. The van der Waals surface area contributed by atoms with Gasteiger partial charge in [0.15, 0.2) is 0 Å². The second-order valence-electron chi connectivity index (χ2n) is 7.00. The van der Waals surface area contributed by atoms with E-state index in [4.69, 9.17) is 4.74 Å². The van der Waals surface area contributed by atoms with Crippen LogP contribution in [0.2, 0.25) is 0 Å². The van der Waals surface area contributed by atoms with Crippen LogP contribution in [0.25, 0.3) is 0 Å². The molecule has 5 nitrogen and oxygen atoms in total. The van der Waals surface area contributed by atoms with Gasteiger partial charge in [-0.3, -0.25) is 14.6 Å². The number of carbonyl (C=O) groups is 1. The summed E-state index contributed by atoms with van der Waals surface area (Å²) < 4.78 is 5.64. The van der Waals surface area contributed by atoms with Gasteiger partial charge in [0.05, 0.1) is 13.2 Å². The standard InChI is InChI=1S/C20H33N3O2/c1-4-13-25-16-19-8-6-5-7-18(19)14-21-20(24)15-22-9-11-23(12-10-22)17(2)3/h5-8,17H,4,9-16H2,1-3H3,(H,21,24). The zero-order chi connectivity index (χ0) is 18.1. The van der Waals surface area contributed by atoms with Crippen molar-refractivity contribution in [3.8, 4) is 0 Å². The van der Waals surface area contributed by atoms with Crippen LogP contribution in [0.15, 0.2) is 24.3 Å². The van der Waals surface area contributed by atoms with E-state index in [1.165, 1.54) is 0 Å². The molecule has 0 aliphatic carbocycles. The van der Waals surface area contributed by atoms with Crippen LogP contribution in [0.4, 0.5) is 0 Å². The SMILES string of the molecule is CCCOCc1ccccc1CNC(=O)CN1CCN(C(C)C)CC1. The molecule has 1 aliphatic heterocycles. The topological polar surface area (TPSA) is 44.8 Å². The molecule has 1 aromatic carbocycles. The summed E-state index contributed by atoms with van der Waals surface area (Å²) in [5.74, 6) is 0.0993. The maximum Gasteiger partial charge on any atom is 0.234 e.